The molecule has 0 aromatic carbocycles. The van der Waals surface area contributed by atoms with E-state index in [1.54, 1.807) is 6.92 Å². The Bertz CT molecular complexity index is 351. The predicted octanol–water partition coefficient (Wildman–Crippen LogP) is 1.47. The standard InChI is InChI=1S/C11H20N4O2/c1-3-9(6-7-12)4-5-10(16)13-11-15-14-8(2)17-11/h9H,3-7,12H2,1-2H3,(H,13,15,16). The third kappa shape index (κ3) is 4.95. The van der Waals surface area contributed by atoms with Crippen molar-refractivity contribution in [2.24, 2.45) is 11.7 Å². The van der Waals surface area contributed by atoms with Gasteiger partial charge in [0, 0.05) is 13.3 Å². The Morgan fingerprint density at radius 2 is 2.24 bits per heavy atom. The van der Waals surface area contributed by atoms with Crippen molar-refractivity contribution in [2.75, 3.05) is 11.9 Å². The quantitative estimate of drug-likeness (QED) is 0.752. The van der Waals surface area contributed by atoms with E-state index in [2.05, 4.69) is 22.4 Å². The molecule has 17 heavy (non-hydrogen) atoms. The van der Waals surface area contributed by atoms with Crippen LogP contribution in [-0.2, 0) is 4.79 Å². The Morgan fingerprint density at radius 3 is 2.76 bits per heavy atom. The van der Waals surface area contributed by atoms with Crippen LogP contribution in [0.4, 0.5) is 6.01 Å². The number of aromatic nitrogens is 2. The van der Waals surface area contributed by atoms with Gasteiger partial charge in [0.2, 0.25) is 11.8 Å². The maximum atomic E-state index is 11.6. The van der Waals surface area contributed by atoms with E-state index in [-0.39, 0.29) is 11.9 Å². The van der Waals surface area contributed by atoms with Crippen molar-refractivity contribution >= 4 is 11.9 Å². The summed E-state index contributed by atoms with van der Waals surface area (Å²) in [5.74, 6) is 0.856. The van der Waals surface area contributed by atoms with Crippen LogP contribution in [0.2, 0.25) is 0 Å². The van der Waals surface area contributed by atoms with Gasteiger partial charge in [-0.15, -0.1) is 5.10 Å². The molecule has 96 valence electrons. The van der Waals surface area contributed by atoms with E-state index in [4.69, 9.17) is 10.2 Å². The van der Waals surface area contributed by atoms with Crippen molar-refractivity contribution in [3.8, 4) is 0 Å². The number of nitrogens with zero attached hydrogens (tertiary/aromatic N) is 2. The topological polar surface area (TPSA) is 94.0 Å². The largest absolute Gasteiger partial charge is 0.408 e. The maximum absolute atomic E-state index is 11.6. The van der Waals surface area contributed by atoms with E-state index in [0.29, 0.717) is 24.8 Å². The van der Waals surface area contributed by atoms with Crippen LogP contribution in [-0.4, -0.2) is 22.6 Å². The van der Waals surface area contributed by atoms with Gasteiger partial charge < -0.3 is 10.2 Å². The first-order chi connectivity index (χ1) is 8.15. The zero-order valence-corrected chi connectivity index (χ0v) is 10.4. The monoisotopic (exact) mass is 240 g/mol. The van der Waals surface area contributed by atoms with Gasteiger partial charge in [0.15, 0.2) is 0 Å². The smallest absolute Gasteiger partial charge is 0.322 e. The highest BCUT2D eigenvalue weighted by atomic mass is 16.4. The molecule has 1 heterocycles. The maximum Gasteiger partial charge on any atom is 0.322 e. The Morgan fingerprint density at radius 1 is 1.47 bits per heavy atom. The lowest BCUT2D eigenvalue weighted by Gasteiger charge is -2.12. The second-order valence-corrected chi connectivity index (χ2v) is 4.06. The first-order valence-corrected chi connectivity index (χ1v) is 5.95. The fourth-order valence-corrected chi connectivity index (χ4v) is 1.65. The number of nitrogens with one attached hydrogen (secondary N) is 1. The summed E-state index contributed by atoms with van der Waals surface area (Å²) in [7, 11) is 0. The van der Waals surface area contributed by atoms with Crippen LogP contribution in [0.5, 0.6) is 0 Å². The van der Waals surface area contributed by atoms with Gasteiger partial charge in [-0.25, -0.2) is 0 Å². The molecule has 1 aromatic rings. The molecule has 0 saturated carbocycles. The number of hydrogen-bond acceptors (Lipinski definition) is 5. The van der Waals surface area contributed by atoms with Crippen molar-refractivity contribution in [1.82, 2.24) is 10.2 Å². The molecule has 1 amide bonds. The molecule has 6 heteroatoms. The van der Waals surface area contributed by atoms with Gasteiger partial charge in [-0.1, -0.05) is 18.4 Å². The fourth-order valence-electron chi connectivity index (χ4n) is 1.65. The molecule has 0 aliphatic carbocycles. The summed E-state index contributed by atoms with van der Waals surface area (Å²) in [5, 5.41) is 9.91. The highest BCUT2D eigenvalue weighted by Crippen LogP contribution is 2.15. The highest BCUT2D eigenvalue weighted by molar-refractivity contribution is 5.88. The second-order valence-electron chi connectivity index (χ2n) is 4.06. The molecule has 1 unspecified atom stereocenters. The summed E-state index contributed by atoms with van der Waals surface area (Å²) >= 11 is 0. The third-order valence-corrected chi connectivity index (χ3v) is 2.70. The molecule has 6 nitrogen and oxygen atoms in total. The molecule has 0 saturated heterocycles. The molecule has 0 bridgehead atoms. The lowest BCUT2D eigenvalue weighted by molar-refractivity contribution is -0.116. The Hall–Kier alpha value is -1.43. The molecule has 1 rings (SSSR count). The Labute approximate surface area is 101 Å². The van der Waals surface area contributed by atoms with Crippen LogP contribution >= 0.6 is 0 Å². The lowest BCUT2D eigenvalue weighted by Crippen LogP contribution is -2.15. The van der Waals surface area contributed by atoms with Crippen molar-refractivity contribution < 1.29 is 9.21 Å². The van der Waals surface area contributed by atoms with Gasteiger partial charge in [0.05, 0.1) is 0 Å². The molecule has 1 aromatic heterocycles. The average Bonchev–Trinajstić information content (AvgIpc) is 2.70. The first kappa shape index (κ1) is 13.6. The van der Waals surface area contributed by atoms with Crippen LogP contribution in [0.15, 0.2) is 4.42 Å². The predicted molar refractivity (Wildman–Crippen MR) is 64.4 cm³/mol. The number of aryl methyl sites for hydroxylation is 1. The van der Waals surface area contributed by atoms with E-state index < -0.39 is 0 Å². The summed E-state index contributed by atoms with van der Waals surface area (Å²) in [6, 6.07) is 0.166. The number of carbonyl (C=O) groups excluding carboxylic acids is 1. The summed E-state index contributed by atoms with van der Waals surface area (Å²) < 4.78 is 5.06. The lowest BCUT2D eigenvalue weighted by atomic mass is 9.96. The van der Waals surface area contributed by atoms with Crippen LogP contribution in [0, 0.1) is 12.8 Å². The number of rotatable bonds is 7. The fraction of sp³-hybridized carbons (Fsp3) is 0.727. The minimum atomic E-state index is -0.0934. The van der Waals surface area contributed by atoms with Gasteiger partial charge in [-0.2, -0.15) is 0 Å². The van der Waals surface area contributed by atoms with Crippen molar-refractivity contribution in [3.63, 3.8) is 0 Å². The molecule has 0 fully saturated rings. The van der Waals surface area contributed by atoms with E-state index >= 15 is 0 Å². The first-order valence-electron chi connectivity index (χ1n) is 5.95. The normalized spacial score (nSPS) is 12.4. The number of amides is 1. The number of carbonyl (C=O) groups is 1. The summed E-state index contributed by atoms with van der Waals surface area (Å²) in [4.78, 5) is 11.6. The van der Waals surface area contributed by atoms with Crippen molar-refractivity contribution in [1.29, 1.82) is 0 Å². The number of anilines is 1. The molecular weight excluding hydrogens is 220 g/mol. The van der Waals surface area contributed by atoms with Crippen LogP contribution in [0.25, 0.3) is 0 Å². The molecule has 1 atom stereocenters. The van der Waals surface area contributed by atoms with Gasteiger partial charge >= 0.3 is 6.01 Å². The molecule has 3 N–H and O–H groups in total. The van der Waals surface area contributed by atoms with Crippen LogP contribution in [0.1, 0.15) is 38.5 Å². The minimum absolute atomic E-state index is 0.0934. The van der Waals surface area contributed by atoms with E-state index in [0.717, 1.165) is 19.3 Å². The molecule has 0 spiro atoms. The van der Waals surface area contributed by atoms with Crippen LogP contribution < -0.4 is 11.1 Å². The summed E-state index contributed by atoms with van der Waals surface area (Å²) in [5.41, 5.74) is 5.50. The van der Waals surface area contributed by atoms with Crippen molar-refractivity contribution in [2.45, 2.75) is 39.5 Å². The highest BCUT2D eigenvalue weighted by Gasteiger charge is 2.11. The van der Waals surface area contributed by atoms with E-state index in [1.807, 2.05) is 0 Å². The van der Waals surface area contributed by atoms with Gasteiger partial charge in [0.25, 0.3) is 0 Å². The van der Waals surface area contributed by atoms with Gasteiger partial charge in [0.1, 0.15) is 0 Å². The average molecular weight is 240 g/mol. The van der Waals surface area contributed by atoms with Gasteiger partial charge in [-0.05, 0) is 25.3 Å². The second kappa shape index (κ2) is 7.01. The number of nitrogens with two attached hydrogens (primary N) is 1. The minimum Gasteiger partial charge on any atom is -0.408 e. The third-order valence-electron chi connectivity index (χ3n) is 2.70. The molecule has 0 radical (unpaired) electrons. The molecule has 0 aliphatic heterocycles. The summed E-state index contributed by atoms with van der Waals surface area (Å²) in [6.07, 6.45) is 3.31. The molecule has 0 aliphatic rings. The zero-order chi connectivity index (χ0) is 12.7. The van der Waals surface area contributed by atoms with E-state index in [1.165, 1.54) is 0 Å². The summed E-state index contributed by atoms with van der Waals surface area (Å²) in [6.45, 7) is 4.46. The van der Waals surface area contributed by atoms with Crippen molar-refractivity contribution in [3.05, 3.63) is 5.89 Å². The Balaban J connectivity index is 2.29. The van der Waals surface area contributed by atoms with Gasteiger partial charge in [-0.3, -0.25) is 10.1 Å². The van der Waals surface area contributed by atoms with Crippen LogP contribution in [0.3, 0.4) is 0 Å². The van der Waals surface area contributed by atoms with E-state index in [9.17, 15) is 4.79 Å². The zero-order valence-electron chi connectivity index (χ0n) is 10.4. The molecular formula is C11H20N4O2. The SMILES string of the molecule is CCC(CCN)CCC(=O)Nc1nnc(C)o1. The number of hydrogen-bond donors (Lipinski definition) is 2. The Kier molecular flexibility index (Phi) is 5.62.